The highest BCUT2D eigenvalue weighted by Crippen LogP contribution is 2.20. The second kappa shape index (κ2) is 6.20. The van der Waals surface area contributed by atoms with E-state index >= 15 is 0 Å². The molecule has 0 radical (unpaired) electrons. The molecule has 19 heavy (non-hydrogen) atoms. The Bertz CT molecular complexity index is 584. The minimum absolute atomic E-state index is 0.256. The molecule has 2 aromatic carbocycles. The number of rotatable bonds is 4. The molecule has 0 amide bonds. The highest BCUT2D eigenvalue weighted by Gasteiger charge is 2.03. The summed E-state index contributed by atoms with van der Waals surface area (Å²) in [7, 11) is 0. The Labute approximate surface area is 114 Å². The standard InChI is InChI=1S/C14H11ClFNO2/c15-14-7-12(16)4-3-11(14)9-19-13-5-1-10(2-6-13)8-17-18/h1-8,18H,9H2/b17-8+. The quantitative estimate of drug-likeness (QED) is 0.524. The molecular weight excluding hydrogens is 269 g/mol. The van der Waals surface area contributed by atoms with Crippen LogP contribution in [0.2, 0.25) is 5.02 Å². The van der Waals surface area contributed by atoms with Crippen LogP contribution in [0, 0.1) is 5.82 Å². The Morgan fingerprint density at radius 2 is 1.95 bits per heavy atom. The van der Waals surface area contributed by atoms with Crippen molar-refractivity contribution in [3.8, 4) is 5.75 Å². The lowest BCUT2D eigenvalue weighted by atomic mass is 10.2. The summed E-state index contributed by atoms with van der Waals surface area (Å²) >= 11 is 5.90. The first-order valence-corrected chi connectivity index (χ1v) is 5.91. The van der Waals surface area contributed by atoms with Crippen LogP contribution in [0.1, 0.15) is 11.1 Å². The van der Waals surface area contributed by atoms with E-state index in [2.05, 4.69) is 5.16 Å². The molecule has 2 aromatic rings. The molecule has 5 heteroatoms. The smallest absolute Gasteiger partial charge is 0.124 e. The summed E-state index contributed by atoms with van der Waals surface area (Å²) in [5, 5.41) is 11.7. The van der Waals surface area contributed by atoms with Crippen LogP contribution in [0.3, 0.4) is 0 Å². The molecule has 0 aliphatic carbocycles. The Kier molecular flexibility index (Phi) is 4.36. The topological polar surface area (TPSA) is 41.8 Å². The van der Waals surface area contributed by atoms with E-state index in [1.807, 2.05) is 0 Å². The van der Waals surface area contributed by atoms with E-state index in [0.29, 0.717) is 16.3 Å². The van der Waals surface area contributed by atoms with Crippen molar-refractivity contribution in [2.24, 2.45) is 5.16 Å². The second-order valence-electron chi connectivity index (χ2n) is 3.84. The summed E-state index contributed by atoms with van der Waals surface area (Å²) in [6.07, 6.45) is 1.32. The zero-order chi connectivity index (χ0) is 13.7. The van der Waals surface area contributed by atoms with Gasteiger partial charge in [0.1, 0.15) is 18.2 Å². The molecule has 1 N–H and O–H groups in total. The van der Waals surface area contributed by atoms with Crippen molar-refractivity contribution in [3.63, 3.8) is 0 Å². The van der Waals surface area contributed by atoms with Gasteiger partial charge < -0.3 is 9.94 Å². The summed E-state index contributed by atoms with van der Waals surface area (Å²) in [6.45, 7) is 0.256. The number of hydrogen-bond acceptors (Lipinski definition) is 3. The van der Waals surface area contributed by atoms with Crippen molar-refractivity contribution in [2.45, 2.75) is 6.61 Å². The lowest BCUT2D eigenvalue weighted by Crippen LogP contribution is -1.97. The zero-order valence-electron chi connectivity index (χ0n) is 9.88. The number of benzene rings is 2. The minimum Gasteiger partial charge on any atom is -0.489 e. The molecule has 0 saturated heterocycles. The lowest BCUT2D eigenvalue weighted by molar-refractivity contribution is 0.306. The fourth-order valence-corrected chi connectivity index (χ4v) is 1.74. The van der Waals surface area contributed by atoms with E-state index in [1.165, 1.54) is 18.3 Å². The average molecular weight is 280 g/mol. The van der Waals surface area contributed by atoms with Crippen LogP contribution in [0.4, 0.5) is 4.39 Å². The first kappa shape index (κ1) is 13.4. The molecule has 3 nitrogen and oxygen atoms in total. The third-order valence-corrected chi connectivity index (χ3v) is 2.85. The van der Waals surface area contributed by atoms with Gasteiger partial charge in [-0.15, -0.1) is 0 Å². The Balaban J connectivity index is 2.02. The van der Waals surface area contributed by atoms with E-state index < -0.39 is 0 Å². The van der Waals surface area contributed by atoms with Crippen LogP contribution >= 0.6 is 11.6 Å². The van der Waals surface area contributed by atoms with Gasteiger partial charge in [0.2, 0.25) is 0 Å². The van der Waals surface area contributed by atoms with Crippen LogP contribution in [0.25, 0.3) is 0 Å². The molecule has 0 spiro atoms. The van der Waals surface area contributed by atoms with Gasteiger partial charge in [-0.25, -0.2) is 4.39 Å². The Hall–Kier alpha value is -2.07. The van der Waals surface area contributed by atoms with E-state index in [9.17, 15) is 4.39 Å². The highest BCUT2D eigenvalue weighted by atomic mass is 35.5. The molecule has 0 aromatic heterocycles. The molecule has 0 aliphatic heterocycles. The van der Waals surface area contributed by atoms with E-state index in [1.54, 1.807) is 30.3 Å². The van der Waals surface area contributed by atoms with Crippen molar-refractivity contribution in [2.75, 3.05) is 0 Å². The van der Waals surface area contributed by atoms with Crippen LogP contribution in [0.5, 0.6) is 5.75 Å². The fourth-order valence-electron chi connectivity index (χ4n) is 1.52. The van der Waals surface area contributed by atoms with Gasteiger partial charge in [-0.1, -0.05) is 22.8 Å². The summed E-state index contributed by atoms with van der Waals surface area (Å²) in [6, 6.07) is 11.2. The monoisotopic (exact) mass is 279 g/mol. The largest absolute Gasteiger partial charge is 0.489 e. The zero-order valence-corrected chi connectivity index (χ0v) is 10.6. The maximum Gasteiger partial charge on any atom is 0.124 e. The highest BCUT2D eigenvalue weighted by molar-refractivity contribution is 6.31. The van der Waals surface area contributed by atoms with Crippen molar-refractivity contribution in [3.05, 3.63) is 64.4 Å². The number of hydrogen-bond donors (Lipinski definition) is 1. The average Bonchev–Trinajstić information content (AvgIpc) is 2.40. The van der Waals surface area contributed by atoms with Gasteiger partial charge in [0.25, 0.3) is 0 Å². The number of oxime groups is 1. The van der Waals surface area contributed by atoms with Crippen LogP contribution in [0.15, 0.2) is 47.6 Å². The molecule has 0 aliphatic rings. The third kappa shape index (κ3) is 3.69. The number of ether oxygens (including phenoxy) is 1. The third-order valence-electron chi connectivity index (χ3n) is 2.50. The van der Waals surface area contributed by atoms with Crippen molar-refractivity contribution >= 4 is 17.8 Å². The lowest BCUT2D eigenvalue weighted by Gasteiger charge is -2.08. The molecule has 0 saturated carbocycles. The maximum atomic E-state index is 12.9. The molecule has 0 bridgehead atoms. The summed E-state index contributed by atoms with van der Waals surface area (Å²) < 4.78 is 18.4. The van der Waals surface area contributed by atoms with E-state index in [4.69, 9.17) is 21.5 Å². The van der Waals surface area contributed by atoms with Crippen LogP contribution in [-0.4, -0.2) is 11.4 Å². The van der Waals surface area contributed by atoms with Crippen molar-refractivity contribution < 1.29 is 14.3 Å². The molecule has 0 atom stereocenters. The van der Waals surface area contributed by atoms with Crippen molar-refractivity contribution in [1.82, 2.24) is 0 Å². The van der Waals surface area contributed by atoms with Gasteiger partial charge in [0.15, 0.2) is 0 Å². The van der Waals surface area contributed by atoms with Gasteiger partial charge in [-0.2, -0.15) is 0 Å². The molecule has 2 rings (SSSR count). The van der Waals surface area contributed by atoms with Gasteiger partial charge in [0, 0.05) is 5.56 Å². The minimum atomic E-state index is -0.374. The van der Waals surface area contributed by atoms with E-state index in [0.717, 1.165) is 5.56 Å². The summed E-state index contributed by atoms with van der Waals surface area (Å²) in [4.78, 5) is 0. The predicted molar refractivity (Wildman–Crippen MR) is 71.6 cm³/mol. The van der Waals surface area contributed by atoms with E-state index in [-0.39, 0.29) is 12.4 Å². The number of halogens is 2. The SMILES string of the molecule is O/N=C/c1ccc(OCc2ccc(F)cc2Cl)cc1. The first-order valence-electron chi connectivity index (χ1n) is 5.53. The maximum absolute atomic E-state index is 12.9. The van der Waals surface area contributed by atoms with Crippen LogP contribution < -0.4 is 4.74 Å². The van der Waals surface area contributed by atoms with Gasteiger partial charge in [-0.05, 0) is 42.0 Å². The van der Waals surface area contributed by atoms with Gasteiger partial charge in [0.05, 0.1) is 11.2 Å². The second-order valence-corrected chi connectivity index (χ2v) is 4.25. The molecule has 0 fully saturated rings. The summed E-state index contributed by atoms with van der Waals surface area (Å²) in [5.41, 5.74) is 1.47. The molecular formula is C14H11ClFNO2. The Morgan fingerprint density at radius 1 is 1.21 bits per heavy atom. The molecule has 0 heterocycles. The first-order chi connectivity index (χ1) is 9.19. The summed E-state index contributed by atoms with van der Waals surface area (Å²) in [5.74, 6) is 0.275. The Morgan fingerprint density at radius 3 is 2.58 bits per heavy atom. The number of nitrogens with zero attached hydrogens (tertiary/aromatic N) is 1. The fraction of sp³-hybridized carbons (Fsp3) is 0.0714. The van der Waals surface area contributed by atoms with Gasteiger partial charge in [-0.3, -0.25) is 0 Å². The normalized spacial score (nSPS) is 10.8. The van der Waals surface area contributed by atoms with Gasteiger partial charge >= 0.3 is 0 Å². The molecule has 0 unspecified atom stereocenters. The predicted octanol–water partition coefficient (Wildman–Crippen LogP) is 3.87. The van der Waals surface area contributed by atoms with Crippen LogP contribution in [-0.2, 0) is 6.61 Å². The molecule has 98 valence electrons. The van der Waals surface area contributed by atoms with Crippen molar-refractivity contribution in [1.29, 1.82) is 0 Å².